The second kappa shape index (κ2) is 5.77. The summed E-state index contributed by atoms with van der Waals surface area (Å²) >= 11 is 0. The van der Waals surface area contributed by atoms with Crippen molar-refractivity contribution in [1.82, 2.24) is 0 Å². The molecule has 2 atom stereocenters. The minimum absolute atomic E-state index is 0.468. The molecule has 0 aliphatic rings. The van der Waals surface area contributed by atoms with E-state index in [0.29, 0.717) is 5.73 Å². The molecule has 5 heteroatoms. The Bertz CT molecular complexity index is 184. The fourth-order valence-electron chi connectivity index (χ4n) is 1.67. The summed E-state index contributed by atoms with van der Waals surface area (Å²) in [4.78, 5) is 0. The molecule has 0 fully saturated rings. The highest BCUT2D eigenvalue weighted by Crippen LogP contribution is 2.17. The molecule has 2 nitrogen and oxygen atoms in total. The second-order valence-electron chi connectivity index (χ2n) is 6.20. The Morgan fingerprint density at radius 1 is 1.07 bits per heavy atom. The highest BCUT2D eigenvalue weighted by Gasteiger charge is 2.29. The first-order chi connectivity index (χ1) is 6.56. The van der Waals surface area contributed by atoms with E-state index in [2.05, 4.69) is 52.8 Å². The van der Waals surface area contributed by atoms with Gasteiger partial charge in [0.2, 0.25) is 0 Å². The second-order valence-corrected chi connectivity index (χ2v) is 18.1. The largest absolute Gasteiger partial charge is 0.438 e. The SMILES string of the molecule is CCC(O[SiH](C)O[Si](C)(C)C)[Si](C)(C)C. The summed E-state index contributed by atoms with van der Waals surface area (Å²) in [7, 11) is -3.99. The van der Waals surface area contributed by atoms with Crippen molar-refractivity contribution in [2.45, 2.75) is 64.9 Å². The van der Waals surface area contributed by atoms with Crippen molar-refractivity contribution in [3.63, 3.8) is 0 Å². The van der Waals surface area contributed by atoms with Gasteiger partial charge in [-0.3, -0.25) is 0 Å². The van der Waals surface area contributed by atoms with Crippen molar-refractivity contribution in [3.05, 3.63) is 0 Å². The van der Waals surface area contributed by atoms with Gasteiger partial charge in [0.1, 0.15) is 0 Å². The molecule has 0 N–H and O–H groups in total. The summed E-state index contributed by atoms with van der Waals surface area (Å²) in [6.07, 6.45) is 1.13. The summed E-state index contributed by atoms with van der Waals surface area (Å²) in [6.45, 7) is 18.2. The van der Waals surface area contributed by atoms with Gasteiger partial charge in [-0.2, -0.15) is 0 Å². The van der Waals surface area contributed by atoms with Gasteiger partial charge in [0.05, 0.1) is 8.07 Å². The van der Waals surface area contributed by atoms with Crippen LogP contribution < -0.4 is 0 Å². The van der Waals surface area contributed by atoms with Crippen LogP contribution in [0.3, 0.4) is 0 Å². The zero-order chi connectivity index (χ0) is 12.3. The Morgan fingerprint density at radius 2 is 1.53 bits per heavy atom. The van der Waals surface area contributed by atoms with E-state index >= 15 is 0 Å². The molecule has 0 heterocycles. The molecule has 0 saturated carbocycles. The summed E-state index contributed by atoms with van der Waals surface area (Å²) < 4.78 is 12.2. The Hall–Kier alpha value is 0.571. The quantitative estimate of drug-likeness (QED) is 0.685. The van der Waals surface area contributed by atoms with Crippen molar-refractivity contribution in [3.8, 4) is 0 Å². The highest BCUT2D eigenvalue weighted by molar-refractivity contribution is 6.78. The van der Waals surface area contributed by atoms with Crippen LogP contribution in [0.2, 0.25) is 45.8 Å². The topological polar surface area (TPSA) is 18.5 Å². The molecule has 92 valence electrons. The lowest BCUT2D eigenvalue weighted by Gasteiger charge is -2.32. The van der Waals surface area contributed by atoms with Crippen molar-refractivity contribution in [1.29, 1.82) is 0 Å². The van der Waals surface area contributed by atoms with E-state index in [1.54, 1.807) is 0 Å². The van der Waals surface area contributed by atoms with E-state index in [9.17, 15) is 0 Å². The molecule has 0 rings (SSSR count). The molecule has 0 bridgehead atoms. The molecule has 0 aliphatic carbocycles. The molecule has 0 aromatic heterocycles. The molecule has 0 radical (unpaired) electrons. The predicted molar refractivity (Wildman–Crippen MR) is 76.0 cm³/mol. The summed E-state index contributed by atoms with van der Waals surface area (Å²) in [6, 6.07) is 0. The fourth-order valence-corrected chi connectivity index (χ4v) is 9.96. The zero-order valence-electron chi connectivity index (χ0n) is 11.7. The Kier molecular flexibility index (Phi) is 5.99. The average Bonchev–Trinajstić information content (AvgIpc) is 1.94. The molecule has 0 spiro atoms. The van der Waals surface area contributed by atoms with Crippen molar-refractivity contribution in [2.75, 3.05) is 0 Å². The van der Waals surface area contributed by atoms with Gasteiger partial charge in [-0.05, 0) is 32.6 Å². The van der Waals surface area contributed by atoms with Crippen molar-refractivity contribution in [2.24, 2.45) is 0 Å². The van der Waals surface area contributed by atoms with Crippen LogP contribution >= 0.6 is 0 Å². The highest BCUT2D eigenvalue weighted by atomic mass is 28.4. The maximum Gasteiger partial charge on any atom is 0.307 e. The van der Waals surface area contributed by atoms with E-state index in [4.69, 9.17) is 8.54 Å². The maximum absolute atomic E-state index is 6.15. The maximum atomic E-state index is 6.15. The minimum atomic E-state index is -1.41. The smallest absolute Gasteiger partial charge is 0.307 e. The van der Waals surface area contributed by atoms with Crippen LogP contribution in [0.5, 0.6) is 0 Å². The monoisotopic (exact) mass is 264 g/mol. The number of hydrogen-bond donors (Lipinski definition) is 0. The molecule has 0 aliphatic heterocycles. The molecule has 15 heavy (non-hydrogen) atoms. The lowest BCUT2D eigenvalue weighted by Crippen LogP contribution is -2.45. The van der Waals surface area contributed by atoms with Crippen LogP contribution in [0, 0.1) is 0 Å². The standard InChI is InChI=1S/C10H28O2Si3/c1-9-10(14(3,4)5)11-13(2)12-15(6,7)8/h10,13H,9H2,1-8H3. The molecule has 0 aromatic carbocycles. The summed E-state index contributed by atoms with van der Waals surface area (Å²) in [5, 5.41) is 0. The first-order valence-electron chi connectivity index (χ1n) is 5.89. The fraction of sp³-hybridized carbons (Fsp3) is 1.00. The minimum Gasteiger partial charge on any atom is -0.438 e. The van der Waals surface area contributed by atoms with Gasteiger partial charge in [0.15, 0.2) is 8.32 Å². The molecule has 0 aromatic rings. The lowest BCUT2D eigenvalue weighted by atomic mass is 10.5. The molecular weight excluding hydrogens is 236 g/mol. The summed E-state index contributed by atoms with van der Waals surface area (Å²) in [5.41, 5.74) is 0.468. The van der Waals surface area contributed by atoms with Crippen LogP contribution in [-0.4, -0.2) is 31.4 Å². The predicted octanol–water partition coefficient (Wildman–Crippen LogP) is 3.36. The van der Waals surface area contributed by atoms with E-state index in [1.165, 1.54) is 0 Å². The van der Waals surface area contributed by atoms with Crippen LogP contribution in [0.4, 0.5) is 0 Å². The third-order valence-electron chi connectivity index (χ3n) is 2.21. The first-order valence-corrected chi connectivity index (χ1v) is 15.0. The molecule has 0 amide bonds. The van der Waals surface area contributed by atoms with Gasteiger partial charge in [0, 0.05) is 5.73 Å². The third-order valence-corrected chi connectivity index (χ3v) is 9.83. The lowest BCUT2D eigenvalue weighted by molar-refractivity contribution is 0.225. The Labute approximate surface area is 99.4 Å². The Balaban J connectivity index is 4.20. The van der Waals surface area contributed by atoms with Crippen LogP contribution in [0.15, 0.2) is 0 Å². The van der Waals surface area contributed by atoms with Crippen molar-refractivity contribution >= 4 is 25.7 Å². The van der Waals surface area contributed by atoms with Crippen molar-refractivity contribution < 1.29 is 8.54 Å². The number of hydrogen-bond acceptors (Lipinski definition) is 2. The van der Waals surface area contributed by atoms with Crippen LogP contribution in [-0.2, 0) is 8.54 Å². The molecular formula is C10H28O2Si3. The van der Waals surface area contributed by atoms with Gasteiger partial charge in [-0.25, -0.2) is 0 Å². The van der Waals surface area contributed by atoms with Gasteiger partial charge in [-0.1, -0.05) is 26.6 Å². The van der Waals surface area contributed by atoms with Gasteiger partial charge < -0.3 is 8.54 Å². The molecule has 0 saturated heterocycles. The third kappa shape index (κ3) is 7.46. The first kappa shape index (κ1) is 15.6. The zero-order valence-corrected chi connectivity index (χ0v) is 14.8. The van der Waals surface area contributed by atoms with E-state index in [-0.39, 0.29) is 0 Å². The van der Waals surface area contributed by atoms with E-state index in [1.807, 2.05) is 0 Å². The van der Waals surface area contributed by atoms with E-state index < -0.39 is 25.7 Å². The van der Waals surface area contributed by atoms with Gasteiger partial charge in [0.25, 0.3) is 0 Å². The summed E-state index contributed by atoms with van der Waals surface area (Å²) in [5.74, 6) is 0. The van der Waals surface area contributed by atoms with Crippen LogP contribution in [0.1, 0.15) is 13.3 Å². The average molecular weight is 265 g/mol. The Morgan fingerprint density at radius 3 is 1.80 bits per heavy atom. The van der Waals surface area contributed by atoms with Gasteiger partial charge in [-0.15, -0.1) is 0 Å². The van der Waals surface area contributed by atoms with Crippen LogP contribution in [0.25, 0.3) is 0 Å². The van der Waals surface area contributed by atoms with Gasteiger partial charge >= 0.3 is 9.28 Å². The molecule has 2 unspecified atom stereocenters. The normalized spacial score (nSPS) is 17.6. The van der Waals surface area contributed by atoms with E-state index in [0.717, 1.165) is 6.42 Å². The number of rotatable bonds is 6.